The molecule has 9 heteroatoms. The summed E-state index contributed by atoms with van der Waals surface area (Å²) in [5, 5.41) is 10.3. The molecule has 0 spiro atoms. The lowest BCUT2D eigenvalue weighted by atomic mass is 10.3. The number of ether oxygens (including phenoxy) is 2. The quantitative estimate of drug-likeness (QED) is 0.357. The molecule has 0 radical (unpaired) electrons. The van der Waals surface area contributed by atoms with Gasteiger partial charge in [-0.25, -0.2) is 0 Å². The summed E-state index contributed by atoms with van der Waals surface area (Å²) < 4.78 is 55.9. The van der Waals surface area contributed by atoms with Gasteiger partial charge in [0.15, 0.2) is 0 Å². The number of nitrogens with zero attached hydrogens (tertiary/aromatic N) is 1. The number of nitro groups is 1. The molecule has 0 atom stereocenters. The summed E-state index contributed by atoms with van der Waals surface area (Å²) in [6.07, 6.45) is -4.76. The summed E-state index contributed by atoms with van der Waals surface area (Å²) in [4.78, 5) is 9.36. The van der Waals surface area contributed by atoms with Crippen molar-refractivity contribution < 1.29 is 32.0 Å². The summed E-state index contributed by atoms with van der Waals surface area (Å²) in [5.74, 6) is -1.25. The molecule has 0 saturated carbocycles. The molecular weight excluding hydrogens is 262 g/mol. The Labute approximate surface area is 98.1 Å². The molecule has 0 fully saturated rings. The second kappa shape index (κ2) is 5.63. The van der Waals surface area contributed by atoms with Crippen molar-refractivity contribution in [3.63, 3.8) is 0 Å². The molecule has 0 unspecified atom stereocenters. The average molecular weight is 269 g/mol. The first-order valence-electron chi connectivity index (χ1n) is 4.57. The highest BCUT2D eigenvalue weighted by molar-refractivity contribution is 5.37. The number of nitro benzene ring substituents is 1. The van der Waals surface area contributed by atoms with Gasteiger partial charge in [-0.15, -0.1) is 13.2 Å². The zero-order valence-corrected chi connectivity index (χ0v) is 8.74. The van der Waals surface area contributed by atoms with E-state index in [1.54, 1.807) is 0 Å². The predicted octanol–water partition coefficient (Wildman–Crippen LogP) is 2.65. The fraction of sp³-hybridized carbons (Fsp3) is 0.333. The summed E-state index contributed by atoms with van der Waals surface area (Å²) >= 11 is 0. The maximum Gasteiger partial charge on any atom is 0.522 e. The van der Waals surface area contributed by atoms with Gasteiger partial charge < -0.3 is 4.74 Å². The first kappa shape index (κ1) is 14.2. The molecule has 0 aliphatic rings. The van der Waals surface area contributed by atoms with Crippen LogP contribution >= 0.6 is 0 Å². The molecule has 0 bridgehead atoms. The zero-order chi connectivity index (χ0) is 13.8. The third-order valence-electron chi connectivity index (χ3n) is 1.73. The van der Waals surface area contributed by atoms with E-state index in [4.69, 9.17) is 4.74 Å². The Kier molecular flexibility index (Phi) is 4.43. The Bertz CT molecular complexity index is 435. The van der Waals surface area contributed by atoms with Crippen molar-refractivity contribution in [1.29, 1.82) is 0 Å². The third-order valence-corrected chi connectivity index (χ3v) is 1.73. The van der Waals surface area contributed by atoms with Crippen molar-refractivity contribution in [2.45, 2.75) is 6.36 Å². The van der Waals surface area contributed by atoms with Crippen molar-refractivity contribution in [1.82, 2.24) is 0 Å². The summed E-state index contributed by atoms with van der Waals surface area (Å²) in [5.41, 5.74) is -0.742. The smallest absolute Gasteiger partial charge is 0.491 e. The Balaban J connectivity index is 2.49. The highest BCUT2D eigenvalue weighted by Gasteiger charge is 2.28. The van der Waals surface area contributed by atoms with Crippen molar-refractivity contribution in [3.05, 3.63) is 34.1 Å². The van der Waals surface area contributed by atoms with Crippen LogP contribution in [0.5, 0.6) is 5.75 Å². The summed E-state index contributed by atoms with van der Waals surface area (Å²) in [6.45, 7) is -1.22. The van der Waals surface area contributed by atoms with E-state index in [9.17, 15) is 27.7 Å². The van der Waals surface area contributed by atoms with E-state index in [1.807, 2.05) is 0 Å². The number of alkyl halides is 3. The van der Waals surface area contributed by atoms with E-state index >= 15 is 0 Å². The van der Waals surface area contributed by atoms with Gasteiger partial charge in [0.2, 0.25) is 5.82 Å². The summed E-state index contributed by atoms with van der Waals surface area (Å²) in [6, 6.07) is 2.65. The minimum absolute atomic E-state index is 0.121. The van der Waals surface area contributed by atoms with Crippen LogP contribution in [-0.4, -0.2) is 24.5 Å². The minimum Gasteiger partial charge on any atom is -0.491 e. The zero-order valence-electron chi connectivity index (χ0n) is 8.74. The molecule has 0 aliphatic heterocycles. The molecule has 0 aromatic heterocycles. The molecule has 18 heavy (non-hydrogen) atoms. The topological polar surface area (TPSA) is 61.6 Å². The van der Waals surface area contributed by atoms with Crippen LogP contribution in [0.3, 0.4) is 0 Å². The Morgan fingerprint density at radius 3 is 2.44 bits per heavy atom. The van der Waals surface area contributed by atoms with E-state index in [0.29, 0.717) is 6.07 Å². The van der Waals surface area contributed by atoms with Gasteiger partial charge in [-0.1, -0.05) is 0 Å². The molecule has 0 amide bonds. The van der Waals surface area contributed by atoms with Crippen molar-refractivity contribution in [2.24, 2.45) is 0 Å². The van der Waals surface area contributed by atoms with Gasteiger partial charge >= 0.3 is 12.0 Å². The van der Waals surface area contributed by atoms with E-state index in [0.717, 1.165) is 12.1 Å². The highest BCUT2D eigenvalue weighted by Crippen LogP contribution is 2.22. The first-order valence-corrected chi connectivity index (χ1v) is 4.57. The van der Waals surface area contributed by atoms with Crippen LogP contribution in [-0.2, 0) is 4.74 Å². The second-order valence-corrected chi connectivity index (χ2v) is 3.01. The average Bonchev–Trinajstić information content (AvgIpc) is 2.22. The molecule has 0 N–H and O–H groups in total. The first-order chi connectivity index (χ1) is 8.29. The number of hydrogen-bond acceptors (Lipinski definition) is 4. The van der Waals surface area contributed by atoms with E-state index in [-0.39, 0.29) is 5.75 Å². The van der Waals surface area contributed by atoms with Crippen LogP contribution < -0.4 is 4.74 Å². The Morgan fingerprint density at radius 2 is 1.94 bits per heavy atom. The number of halogens is 4. The lowest BCUT2D eigenvalue weighted by Gasteiger charge is -2.08. The maximum absolute atomic E-state index is 13.1. The molecule has 0 heterocycles. The normalized spacial score (nSPS) is 11.3. The predicted molar refractivity (Wildman–Crippen MR) is 50.6 cm³/mol. The minimum atomic E-state index is -4.76. The van der Waals surface area contributed by atoms with Crippen LogP contribution in [0.25, 0.3) is 0 Å². The fourth-order valence-electron chi connectivity index (χ4n) is 1.04. The van der Waals surface area contributed by atoms with E-state index in [2.05, 4.69) is 4.74 Å². The highest BCUT2D eigenvalue weighted by atomic mass is 19.4. The number of hydrogen-bond donors (Lipinski definition) is 0. The van der Waals surface area contributed by atoms with Gasteiger partial charge in [0.1, 0.15) is 12.4 Å². The van der Waals surface area contributed by atoms with Crippen LogP contribution in [0.4, 0.5) is 23.2 Å². The number of benzene rings is 1. The monoisotopic (exact) mass is 269 g/mol. The maximum atomic E-state index is 13.1. The van der Waals surface area contributed by atoms with Crippen LogP contribution in [0.15, 0.2) is 18.2 Å². The van der Waals surface area contributed by atoms with Crippen LogP contribution in [0, 0.1) is 15.9 Å². The number of rotatable bonds is 5. The Morgan fingerprint density at radius 1 is 1.28 bits per heavy atom. The molecule has 0 saturated heterocycles. The van der Waals surface area contributed by atoms with Gasteiger partial charge in [0.25, 0.3) is 0 Å². The summed E-state index contributed by atoms with van der Waals surface area (Å²) in [7, 11) is 0. The van der Waals surface area contributed by atoms with Crippen molar-refractivity contribution in [2.75, 3.05) is 13.2 Å². The molecule has 0 aliphatic carbocycles. The molecule has 1 aromatic rings. The Hall–Kier alpha value is -1.90. The van der Waals surface area contributed by atoms with Gasteiger partial charge in [-0.3, -0.25) is 14.9 Å². The standard InChI is InChI=1S/C9H7F4NO4/c10-7-5-6(1-2-8(7)14(15)16)17-3-4-18-9(11,12)13/h1-2,5H,3-4H2. The molecule has 5 nitrogen and oxygen atoms in total. The van der Waals surface area contributed by atoms with Gasteiger partial charge in [0.05, 0.1) is 11.5 Å². The lowest BCUT2D eigenvalue weighted by molar-refractivity contribution is -0.387. The van der Waals surface area contributed by atoms with Crippen molar-refractivity contribution in [3.8, 4) is 5.75 Å². The van der Waals surface area contributed by atoms with Gasteiger partial charge in [-0.2, -0.15) is 4.39 Å². The van der Waals surface area contributed by atoms with E-state index in [1.165, 1.54) is 0 Å². The molecule has 1 aromatic carbocycles. The van der Waals surface area contributed by atoms with Gasteiger partial charge in [0, 0.05) is 12.1 Å². The van der Waals surface area contributed by atoms with Crippen LogP contribution in [0.2, 0.25) is 0 Å². The largest absolute Gasteiger partial charge is 0.522 e. The van der Waals surface area contributed by atoms with Crippen LogP contribution in [0.1, 0.15) is 0 Å². The second-order valence-electron chi connectivity index (χ2n) is 3.01. The SMILES string of the molecule is O=[N+]([O-])c1ccc(OCCOC(F)(F)F)cc1F. The fourth-order valence-corrected chi connectivity index (χ4v) is 1.04. The molecule has 100 valence electrons. The van der Waals surface area contributed by atoms with E-state index < -0.39 is 36.0 Å². The van der Waals surface area contributed by atoms with Crippen molar-refractivity contribution >= 4 is 5.69 Å². The van der Waals surface area contributed by atoms with Gasteiger partial charge in [-0.05, 0) is 6.07 Å². The third kappa shape index (κ3) is 4.53. The molecule has 1 rings (SSSR count). The molecular formula is C9H7F4NO4. The lowest BCUT2D eigenvalue weighted by Crippen LogP contribution is -2.18.